The molecular weight excluding hydrogens is 261 g/mol. The second-order valence-electron chi connectivity index (χ2n) is 4.91. The fraction of sp³-hybridized carbons (Fsp3) is 0.429. The van der Waals surface area contributed by atoms with Gasteiger partial charge in [0.05, 0.1) is 12.6 Å². The Morgan fingerprint density at radius 2 is 2.05 bits per heavy atom. The number of carbonyl (C=O) groups excluding carboxylic acids is 2. The molecule has 6 heteroatoms. The minimum Gasteiger partial charge on any atom is -0.326 e. The normalized spacial score (nSPS) is 20.1. The first kappa shape index (κ1) is 14.6. The molecule has 108 valence electrons. The lowest BCUT2D eigenvalue weighted by Gasteiger charge is -2.33. The van der Waals surface area contributed by atoms with E-state index in [1.165, 1.54) is 12.1 Å². The van der Waals surface area contributed by atoms with E-state index in [0.717, 1.165) is 0 Å². The van der Waals surface area contributed by atoms with Gasteiger partial charge >= 0.3 is 0 Å². The lowest BCUT2D eigenvalue weighted by molar-refractivity contribution is -0.140. The summed E-state index contributed by atoms with van der Waals surface area (Å²) in [5, 5.41) is 2.32. The first-order valence-corrected chi connectivity index (χ1v) is 6.59. The predicted molar refractivity (Wildman–Crippen MR) is 71.9 cm³/mol. The molecule has 2 amide bonds. The first-order chi connectivity index (χ1) is 9.53. The summed E-state index contributed by atoms with van der Waals surface area (Å²) in [7, 11) is 0. The molecule has 0 spiro atoms. The predicted octanol–water partition coefficient (Wildman–Crippen LogP) is 0.521. The van der Waals surface area contributed by atoms with Crippen molar-refractivity contribution in [3.63, 3.8) is 0 Å². The molecule has 0 aromatic heterocycles. The Morgan fingerprint density at radius 1 is 1.35 bits per heavy atom. The number of imide groups is 1. The molecule has 0 aliphatic carbocycles. The maximum atomic E-state index is 13.5. The Labute approximate surface area is 116 Å². The molecule has 1 aliphatic rings. The van der Waals surface area contributed by atoms with Gasteiger partial charge in [0.15, 0.2) is 0 Å². The molecule has 1 aromatic carbocycles. The van der Waals surface area contributed by atoms with Gasteiger partial charge in [0, 0.05) is 13.1 Å². The van der Waals surface area contributed by atoms with Crippen molar-refractivity contribution in [2.24, 2.45) is 5.73 Å². The number of nitrogens with zero attached hydrogens (tertiary/aromatic N) is 1. The molecule has 1 heterocycles. The quantitative estimate of drug-likeness (QED) is 0.788. The van der Waals surface area contributed by atoms with Crippen LogP contribution in [0, 0.1) is 5.82 Å². The fourth-order valence-corrected chi connectivity index (χ4v) is 2.49. The molecule has 1 atom stereocenters. The van der Waals surface area contributed by atoms with Crippen molar-refractivity contribution in [1.29, 1.82) is 0 Å². The van der Waals surface area contributed by atoms with Crippen molar-refractivity contribution in [2.75, 3.05) is 6.54 Å². The standard InChI is InChI=1S/C14H18FN3O2/c1-2-12-14(20)17-13(19)8-18(12)7-10-3-9(6-16)4-11(15)5-10/h3-5,12H,2,6-8,16H2,1H3,(H,17,19,20). The number of hydrogen-bond donors (Lipinski definition) is 2. The smallest absolute Gasteiger partial charge is 0.243 e. The highest BCUT2D eigenvalue weighted by Crippen LogP contribution is 2.16. The third-order valence-corrected chi connectivity index (χ3v) is 3.38. The van der Waals surface area contributed by atoms with E-state index in [1.54, 1.807) is 11.0 Å². The van der Waals surface area contributed by atoms with Crippen molar-refractivity contribution in [3.8, 4) is 0 Å². The van der Waals surface area contributed by atoms with E-state index in [-0.39, 0.29) is 36.8 Å². The summed E-state index contributed by atoms with van der Waals surface area (Å²) in [4.78, 5) is 25.0. The van der Waals surface area contributed by atoms with Crippen LogP contribution in [0.25, 0.3) is 0 Å². The average molecular weight is 279 g/mol. The number of rotatable bonds is 4. The van der Waals surface area contributed by atoms with Gasteiger partial charge in [-0.05, 0) is 29.7 Å². The summed E-state index contributed by atoms with van der Waals surface area (Å²) in [5.74, 6) is -0.974. The third kappa shape index (κ3) is 3.20. The van der Waals surface area contributed by atoms with Gasteiger partial charge in [-0.2, -0.15) is 0 Å². The minimum absolute atomic E-state index is 0.138. The first-order valence-electron chi connectivity index (χ1n) is 6.59. The van der Waals surface area contributed by atoms with Gasteiger partial charge in [-0.25, -0.2) is 4.39 Å². The molecule has 1 saturated heterocycles. The Kier molecular flexibility index (Phi) is 4.46. The molecule has 0 saturated carbocycles. The van der Waals surface area contributed by atoms with Gasteiger partial charge in [0.25, 0.3) is 0 Å². The van der Waals surface area contributed by atoms with Crippen LogP contribution in [0.5, 0.6) is 0 Å². The zero-order valence-corrected chi connectivity index (χ0v) is 11.4. The van der Waals surface area contributed by atoms with E-state index >= 15 is 0 Å². The number of carbonyl (C=O) groups is 2. The van der Waals surface area contributed by atoms with Crippen LogP contribution in [0.3, 0.4) is 0 Å². The van der Waals surface area contributed by atoms with Crippen molar-refractivity contribution in [1.82, 2.24) is 10.2 Å². The van der Waals surface area contributed by atoms with Gasteiger partial charge in [0.1, 0.15) is 5.82 Å². The fourth-order valence-electron chi connectivity index (χ4n) is 2.49. The summed E-state index contributed by atoms with van der Waals surface area (Å²) in [5.41, 5.74) is 6.93. The molecule has 0 radical (unpaired) electrons. The van der Waals surface area contributed by atoms with Crippen molar-refractivity contribution >= 4 is 11.8 Å². The lowest BCUT2D eigenvalue weighted by atomic mass is 10.1. The second-order valence-corrected chi connectivity index (χ2v) is 4.91. The lowest BCUT2D eigenvalue weighted by Crippen LogP contribution is -2.57. The van der Waals surface area contributed by atoms with Gasteiger partial charge in [-0.1, -0.05) is 13.0 Å². The van der Waals surface area contributed by atoms with Gasteiger partial charge in [-0.3, -0.25) is 19.8 Å². The summed E-state index contributed by atoms with van der Waals surface area (Å²) >= 11 is 0. The number of hydrogen-bond acceptors (Lipinski definition) is 4. The van der Waals surface area contributed by atoms with Crippen LogP contribution in [0.4, 0.5) is 4.39 Å². The van der Waals surface area contributed by atoms with E-state index < -0.39 is 0 Å². The summed E-state index contributed by atoms with van der Waals surface area (Å²) in [6.45, 7) is 2.62. The van der Waals surface area contributed by atoms with Crippen molar-refractivity contribution in [3.05, 3.63) is 35.1 Å². The number of piperazine rings is 1. The number of nitrogens with two attached hydrogens (primary N) is 1. The molecule has 5 nitrogen and oxygen atoms in total. The number of halogens is 1. The molecule has 2 rings (SSSR count). The van der Waals surface area contributed by atoms with Crippen LogP contribution >= 0.6 is 0 Å². The highest BCUT2D eigenvalue weighted by Gasteiger charge is 2.32. The maximum absolute atomic E-state index is 13.5. The highest BCUT2D eigenvalue weighted by atomic mass is 19.1. The van der Waals surface area contributed by atoms with E-state index in [2.05, 4.69) is 5.32 Å². The van der Waals surface area contributed by atoms with Crippen molar-refractivity contribution in [2.45, 2.75) is 32.5 Å². The number of benzene rings is 1. The Morgan fingerprint density at radius 3 is 2.70 bits per heavy atom. The maximum Gasteiger partial charge on any atom is 0.243 e. The zero-order chi connectivity index (χ0) is 14.7. The second kappa shape index (κ2) is 6.11. The molecule has 20 heavy (non-hydrogen) atoms. The topological polar surface area (TPSA) is 75.4 Å². The van der Waals surface area contributed by atoms with Crippen LogP contribution in [-0.4, -0.2) is 29.3 Å². The minimum atomic E-state index is -0.364. The Bertz CT molecular complexity index is 533. The highest BCUT2D eigenvalue weighted by molar-refractivity contribution is 6.01. The van der Waals surface area contributed by atoms with Gasteiger partial charge in [-0.15, -0.1) is 0 Å². The molecular formula is C14H18FN3O2. The average Bonchev–Trinajstić information content (AvgIpc) is 2.37. The van der Waals surface area contributed by atoms with Crippen LogP contribution in [-0.2, 0) is 22.7 Å². The van der Waals surface area contributed by atoms with E-state index in [4.69, 9.17) is 5.73 Å². The molecule has 1 aliphatic heterocycles. The van der Waals surface area contributed by atoms with E-state index in [0.29, 0.717) is 24.1 Å². The van der Waals surface area contributed by atoms with E-state index in [1.807, 2.05) is 6.92 Å². The van der Waals surface area contributed by atoms with Gasteiger partial charge in [0.2, 0.25) is 11.8 Å². The molecule has 1 aromatic rings. The van der Waals surface area contributed by atoms with Crippen LogP contribution in [0.2, 0.25) is 0 Å². The van der Waals surface area contributed by atoms with E-state index in [9.17, 15) is 14.0 Å². The summed E-state index contributed by atoms with van der Waals surface area (Å²) in [6.07, 6.45) is 0.595. The van der Waals surface area contributed by atoms with Crippen molar-refractivity contribution < 1.29 is 14.0 Å². The van der Waals surface area contributed by atoms with Crippen LogP contribution < -0.4 is 11.1 Å². The molecule has 1 fully saturated rings. The zero-order valence-electron chi connectivity index (χ0n) is 11.4. The van der Waals surface area contributed by atoms with Crippen LogP contribution in [0.15, 0.2) is 18.2 Å². The molecule has 3 N–H and O–H groups in total. The van der Waals surface area contributed by atoms with Gasteiger partial charge < -0.3 is 5.73 Å². The summed E-state index contributed by atoms with van der Waals surface area (Å²) < 4.78 is 13.5. The number of nitrogens with one attached hydrogen (secondary N) is 1. The Balaban J connectivity index is 2.20. The monoisotopic (exact) mass is 279 g/mol. The largest absolute Gasteiger partial charge is 0.326 e. The number of amides is 2. The van der Waals surface area contributed by atoms with Crippen LogP contribution in [0.1, 0.15) is 24.5 Å². The Hall–Kier alpha value is -1.79. The summed E-state index contributed by atoms with van der Waals surface area (Å²) in [6, 6.07) is 4.22. The SMILES string of the molecule is CCC1C(=O)NC(=O)CN1Cc1cc(F)cc(CN)c1. The molecule has 1 unspecified atom stereocenters. The molecule has 0 bridgehead atoms. The third-order valence-electron chi connectivity index (χ3n) is 3.38.